The number of hydrogen-bond donors (Lipinski definition) is 1. The van der Waals surface area contributed by atoms with Crippen LogP contribution in [0.15, 0.2) is 18.2 Å². The highest BCUT2D eigenvalue weighted by atomic mass is 19.4. The van der Waals surface area contributed by atoms with E-state index in [1.54, 1.807) is 20.2 Å². The number of rotatable bonds is 9. The van der Waals surface area contributed by atoms with Crippen molar-refractivity contribution in [2.45, 2.75) is 32.4 Å². The molecule has 0 fully saturated rings. The fourth-order valence-corrected chi connectivity index (χ4v) is 1.97. The van der Waals surface area contributed by atoms with Crippen LogP contribution in [-0.2, 0) is 17.4 Å². The molecule has 1 rings (SSSR count). The minimum atomic E-state index is -4.41. The van der Waals surface area contributed by atoms with Gasteiger partial charge < -0.3 is 15.0 Å². The monoisotopic (exact) mass is 346 g/mol. The number of benzene rings is 1. The lowest BCUT2D eigenvalue weighted by Crippen LogP contribution is -2.33. The predicted octanol–water partition coefficient (Wildman–Crippen LogP) is 3.10. The number of alkyl halides is 3. The molecule has 1 amide bonds. The fourth-order valence-electron chi connectivity index (χ4n) is 1.97. The average molecular weight is 346 g/mol. The number of nitrogens with zero attached hydrogens (tertiary/aromatic N) is 1. The molecule has 136 valence electrons. The van der Waals surface area contributed by atoms with Crippen LogP contribution >= 0.6 is 0 Å². The van der Waals surface area contributed by atoms with Crippen LogP contribution in [0.3, 0.4) is 0 Å². The Bertz CT molecular complexity index is 531. The van der Waals surface area contributed by atoms with Crippen LogP contribution in [0.4, 0.5) is 13.2 Å². The second kappa shape index (κ2) is 9.52. The van der Waals surface area contributed by atoms with E-state index in [1.807, 2.05) is 6.92 Å². The molecule has 0 spiro atoms. The van der Waals surface area contributed by atoms with Gasteiger partial charge in [0.15, 0.2) is 0 Å². The Kier molecular flexibility index (Phi) is 8.04. The molecule has 24 heavy (non-hydrogen) atoms. The number of likely N-dealkylation sites (N-methyl/N-ethyl adjacent to an activating group) is 1. The Labute approximate surface area is 141 Å². The number of amides is 1. The van der Waals surface area contributed by atoms with E-state index in [0.717, 1.165) is 25.0 Å². The van der Waals surface area contributed by atoms with Crippen molar-refractivity contribution in [3.05, 3.63) is 29.3 Å². The molecule has 0 aromatic heterocycles. The number of hydrogen-bond acceptors (Lipinski definition) is 3. The van der Waals surface area contributed by atoms with E-state index in [2.05, 4.69) is 5.32 Å². The first-order valence-corrected chi connectivity index (χ1v) is 7.99. The fraction of sp³-hybridized carbons (Fsp3) is 0.588. The van der Waals surface area contributed by atoms with Gasteiger partial charge in [0.2, 0.25) is 5.91 Å². The number of halogens is 3. The Hall–Kier alpha value is -1.76. The molecule has 0 aliphatic heterocycles. The molecule has 0 saturated carbocycles. The normalized spacial score (nSPS) is 11.4. The van der Waals surface area contributed by atoms with Gasteiger partial charge in [-0.15, -0.1) is 0 Å². The molecule has 0 unspecified atom stereocenters. The molecule has 0 radical (unpaired) electrons. The van der Waals surface area contributed by atoms with Crippen molar-refractivity contribution >= 4 is 5.91 Å². The van der Waals surface area contributed by atoms with Crippen molar-refractivity contribution in [1.82, 2.24) is 10.2 Å². The Morgan fingerprint density at radius 3 is 2.54 bits per heavy atom. The molecule has 0 heterocycles. The van der Waals surface area contributed by atoms with Crippen LogP contribution < -0.4 is 10.1 Å². The summed E-state index contributed by atoms with van der Waals surface area (Å²) >= 11 is 0. The summed E-state index contributed by atoms with van der Waals surface area (Å²) in [4.78, 5) is 12.9. The maximum absolute atomic E-state index is 13.0. The van der Waals surface area contributed by atoms with Crippen LogP contribution in [0.25, 0.3) is 0 Å². The van der Waals surface area contributed by atoms with Crippen LogP contribution in [0, 0.1) is 0 Å². The number of nitrogens with one attached hydrogen (secondary N) is 1. The van der Waals surface area contributed by atoms with Crippen molar-refractivity contribution in [3.63, 3.8) is 0 Å². The van der Waals surface area contributed by atoms with Crippen LogP contribution in [0.5, 0.6) is 5.75 Å². The highest BCUT2D eigenvalue weighted by molar-refractivity contribution is 5.77. The van der Waals surface area contributed by atoms with Gasteiger partial charge >= 0.3 is 6.18 Å². The summed E-state index contributed by atoms with van der Waals surface area (Å²) < 4.78 is 44.4. The minimum Gasteiger partial charge on any atom is -0.494 e. The molecule has 0 saturated heterocycles. The highest BCUT2D eigenvalue weighted by Gasteiger charge is 2.31. The third kappa shape index (κ3) is 7.21. The van der Waals surface area contributed by atoms with Gasteiger partial charge in [0, 0.05) is 14.1 Å². The molecule has 1 N–H and O–H groups in total. The van der Waals surface area contributed by atoms with Gasteiger partial charge in [-0.05, 0) is 43.1 Å². The molecule has 4 nitrogen and oxygen atoms in total. The summed E-state index contributed by atoms with van der Waals surface area (Å²) in [5.74, 6) is 0.153. The number of carbonyl (C=O) groups is 1. The summed E-state index contributed by atoms with van der Waals surface area (Å²) in [6, 6.07) is 3.78. The van der Waals surface area contributed by atoms with Gasteiger partial charge in [-0.3, -0.25) is 4.79 Å². The second-order valence-electron chi connectivity index (χ2n) is 5.78. The second-order valence-corrected chi connectivity index (χ2v) is 5.78. The Balaban J connectivity index is 2.70. The van der Waals surface area contributed by atoms with E-state index < -0.39 is 11.7 Å². The average Bonchev–Trinajstić information content (AvgIpc) is 2.50. The van der Waals surface area contributed by atoms with Gasteiger partial charge in [0.25, 0.3) is 0 Å². The predicted molar refractivity (Wildman–Crippen MR) is 87.1 cm³/mol. The SMILES string of the molecule is CCCCOc1cc(CCNCC(=O)N(C)C)cc(C(F)(F)F)c1. The molecule has 0 aliphatic carbocycles. The zero-order valence-corrected chi connectivity index (χ0v) is 14.4. The van der Waals surface area contributed by atoms with Crippen LogP contribution in [-0.4, -0.2) is 44.6 Å². The van der Waals surface area contributed by atoms with Crippen molar-refractivity contribution in [2.75, 3.05) is 33.8 Å². The zero-order chi connectivity index (χ0) is 18.2. The Morgan fingerprint density at radius 2 is 1.96 bits per heavy atom. The maximum atomic E-state index is 13.0. The first-order valence-electron chi connectivity index (χ1n) is 7.99. The Morgan fingerprint density at radius 1 is 1.25 bits per heavy atom. The van der Waals surface area contributed by atoms with E-state index >= 15 is 0 Å². The molecular weight excluding hydrogens is 321 g/mol. The first kappa shape index (κ1) is 20.3. The van der Waals surface area contributed by atoms with Gasteiger partial charge in [-0.25, -0.2) is 0 Å². The van der Waals surface area contributed by atoms with Crippen molar-refractivity contribution < 1.29 is 22.7 Å². The summed E-state index contributed by atoms with van der Waals surface area (Å²) in [7, 11) is 3.30. The van der Waals surface area contributed by atoms with E-state index in [1.165, 1.54) is 4.90 Å². The summed E-state index contributed by atoms with van der Waals surface area (Å²) in [6.07, 6.45) is -2.32. The summed E-state index contributed by atoms with van der Waals surface area (Å²) in [6.45, 7) is 2.95. The molecule has 1 aromatic rings. The topological polar surface area (TPSA) is 41.6 Å². The molecular formula is C17H25F3N2O2. The largest absolute Gasteiger partial charge is 0.494 e. The lowest BCUT2D eigenvalue weighted by Gasteiger charge is -2.14. The molecule has 7 heteroatoms. The van der Waals surface area contributed by atoms with E-state index in [9.17, 15) is 18.0 Å². The number of ether oxygens (including phenoxy) is 1. The zero-order valence-electron chi connectivity index (χ0n) is 14.4. The van der Waals surface area contributed by atoms with E-state index in [0.29, 0.717) is 25.1 Å². The van der Waals surface area contributed by atoms with Gasteiger partial charge in [-0.2, -0.15) is 13.2 Å². The number of carbonyl (C=O) groups excluding carboxylic acids is 1. The third-order valence-electron chi connectivity index (χ3n) is 3.43. The molecule has 0 aliphatic rings. The third-order valence-corrected chi connectivity index (χ3v) is 3.43. The quantitative estimate of drug-likeness (QED) is 0.699. The minimum absolute atomic E-state index is 0.0809. The van der Waals surface area contributed by atoms with Crippen molar-refractivity contribution in [2.24, 2.45) is 0 Å². The van der Waals surface area contributed by atoms with Crippen LogP contribution in [0.1, 0.15) is 30.9 Å². The highest BCUT2D eigenvalue weighted by Crippen LogP contribution is 2.32. The standard InChI is InChI=1S/C17H25F3N2O2/c1-4-5-8-24-15-10-13(9-14(11-15)17(18,19)20)6-7-21-12-16(23)22(2)3/h9-11,21H,4-8,12H2,1-3H3. The van der Waals surface area contributed by atoms with Gasteiger partial charge in [0.05, 0.1) is 18.7 Å². The van der Waals surface area contributed by atoms with E-state index in [-0.39, 0.29) is 18.2 Å². The van der Waals surface area contributed by atoms with Gasteiger partial charge in [-0.1, -0.05) is 13.3 Å². The van der Waals surface area contributed by atoms with E-state index in [4.69, 9.17) is 4.74 Å². The molecule has 0 atom stereocenters. The smallest absolute Gasteiger partial charge is 0.416 e. The maximum Gasteiger partial charge on any atom is 0.416 e. The lowest BCUT2D eigenvalue weighted by atomic mass is 10.1. The molecule has 1 aromatic carbocycles. The summed E-state index contributed by atoms with van der Waals surface area (Å²) in [5.41, 5.74) is -0.183. The summed E-state index contributed by atoms with van der Waals surface area (Å²) in [5, 5.41) is 2.93. The van der Waals surface area contributed by atoms with Crippen LogP contribution in [0.2, 0.25) is 0 Å². The van der Waals surface area contributed by atoms with Gasteiger partial charge in [0.1, 0.15) is 5.75 Å². The van der Waals surface area contributed by atoms with Crippen molar-refractivity contribution in [3.8, 4) is 5.75 Å². The van der Waals surface area contributed by atoms with Crippen molar-refractivity contribution in [1.29, 1.82) is 0 Å². The number of unbranched alkanes of at least 4 members (excludes halogenated alkanes) is 1. The lowest BCUT2D eigenvalue weighted by molar-refractivity contribution is -0.137. The first-order chi connectivity index (χ1) is 11.2. The molecule has 0 bridgehead atoms.